The molecule has 0 radical (unpaired) electrons. The summed E-state index contributed by atoms with van der Waals surface area (Å²) in [6.45, 7) is 4.05. The molecule has 0 heterocycles. The molecule has 0 aliphatic carbocycles. The maximum Gasteiger partial charge on any atom is 0.123 e. The van der Waals surface area contributed by atoms with E-state index in [1.807, 2.05) is 19.1 Å². The number of allylic oxidation sites excluding steroid dienone is 1. The minimum absolute atomic E-state index is 0.240. The zero-order valence-corrected chi connectivity index (χ0v) is 10.4. The van der Waals surface area contributed by atoms with E-state index in [4.69, 9.17) is 0 Å². The van der Waals surface area contributed by atoms with Crippen molar-refractivity contribution in [2.24, 2.45) is 5.41 Å². The van der Waals surface area contributed by atoms with Gasteiger partial charge >= 0.3 is 0 Å². The Labute approximate surface area is 103 Å². The van der Waals surface area contributed by atoms with E-state index in [2.05, 4.69) is 13.0 Å². The lowest BCUT2D eigenvalue weighted by Crippen LogP contribution is -2.09. The number of benzene rings is 1. The van der Waals surface area contributed by atoms with Gasteiger partial charge in [0.1, 0.15) is 5.82 Å². The summed E-state index contributed by atoms with van der Waals surface area (Å²) in [5.41, 5.74) is 0.495. The highest BCUT2D eigenvalue weighted by molar-refractivity contribution is 5.50. The van der Waals surface area contributed by atoms with Gasteiger partial charge in [0.2, 0.25) is 0 Å². The van der Waals surface area contributed by atoms with Crippen LogP contribution < -0.4 is 0 Å². The topological polar surface area (TPSA) is 23.8 Å². The predicted molar refractivity (Wildman–Crippen MR) is 68.7 cm³/mol. The Kier molecular flexibility index (Phi) is 4.90. The molecule has 0 aliphatic rings. The molecule has 0 amide bonds. The molecule has 1 nitrogen and oxygen atoms in total. The number of hydrogen-bond acceptors (Lipinski definition) is 1. The molecule has 1 aromatic rings. The van der Waals surface area contributed by atoms with Crippen molar-refractivity contribution >= 4 is 6.08 Å². The van der Waals surface area contributed by atoms with Gasteiger partial charge in [0.25, 0.3) is 0 Å². The highest BCUT2D eigenvalue weighted by Gasteiger charge is 2.18. The van der Waals surface area contributed by atoms with Gasteiger partial charge in [-0.2, -0.15) is 5.26 Å². The third-order valence-corrected chi connectivity index (χ3v) is 2.82. The predicted octanol–water partition coefficient (Wildman–Crippen LogP) is 4.56. The molecular weight excluding hydrogens is 213 g/mol. The van der Waals surface area contributed by atoms with Crippen LogP contribution in [0.2, 0.25) is 0 Å². The largest absolute Gasteiger partial charge is 0.207 e. The van der Waals surface area contributed by atoms with E-state index < -0.39 is 5.41 Å². The standard InChI is InChI=1S/C15H18FN/c1-3-4-10-15(2,12-17)11-9-13-5-7-14(16)8-6-13/h5-9,11H,3-4,10H2,1-2H3/b11-9+. The molecule has 2 heteroatoms. The lowest BCUT2D eigenvalue weighted by atomic mass is 9.86. The van der Waals surface area contributed by atoms with Crippen molar-refractivity contribution in [1.29, 1.82) is 5.26 Å². The molecule has 1 aromatic carbocycles. The van der Waals surface area contributed by atoms with Crippen LogP contribution in [0.3, 0.4) is 0 Å². The van der Waals surface area contributed by atoms with Gasteiger partial charge in [-0.25, -0.2) is 4.39 Å². The minimum Gasteiger partial charge on any atom is -0.207 e. The van der Waals surface area contributed by atoms with Crippen molar-refractivity contribution in [2.75, 3.05) is 0 Å². The van der Waals surface area contributed by atoms with Crippen molar-refractivity contribution in [2.45, 2.75) is 33.1 Å². The highest BCUT2D eigenvalue weighted by Crippen LogP contribution is 2.26. The first kappa shape index (κ1) is 13.4. The van der Waals surface area contributed by atoms with Gasteiger partial charge in [-0.1, -0.05) is 44.1 Å². The van der Waals surface area contributed by atoms with Crippen molar-refractivity contribution in [3.8, 4) is 6.07 Å². The Bertz CT molecular complexity index is 414. The summed E-state index contributed by atoms with van der Waals surface area (Å²) in [6, 6.07) is 8.61. The van der Waals surface area contributed by atoms with Gasteiger partial charge in [0.15, 0.2) is 0 Å². The molecule has 0 N–H and O–H groups in total. The molecule has 0 saturated heterocycles. The summed E-state index contributed by atoms with van der Waals surface area (Å²) in [6.07, 6.45) is 6.78. The zero-order valence-electron chi connectivity index (χ0n) is 10.4. The quantitative estimate of drug-likeness (QED) is 0.728. The van der Waals surface area contributed by atoms with E-state index in [0.29, 0.717) is 0 Å². The second-order valence-electron chi connectivity index (χ2n) is 4.52. The van der Waals surface area contributed by atoms with Gasteiger partial charge in [0, 0.05) is 0 Å². The Morgan fingerprint density at radius 3 is 2.53 bits per heavy atom. The summed E-state index contributed by atoms with van der Waals surface area (Å²) in [5.74, 6) is -0.240. The molecule has 0 bridgehead atoms. The number of unbranched alkanes of at least 4 members (excludes halogenated alkanes) is 1. The van der Waals surface area contributed by atoms with Crippen molar-refractivity contribution in [3.63, 3.8) is 0 Å². The van der Waals surface area contributed by atoms with Crippen LogP contribution in [-0.4, -0.2) is 0 Å². The number of nitriles is 1. The first-order valence-electron chi connectivity index (χ1n) is 5.96. The third-order valence-electron chi connectivity index (χ3n) is 2.82. The second kappa shape index (κ2) is 6.20. The van der Waals surface area contributed by atoms with Crippen molar-refractivity contribution < 1.29 is 4.39 Å². The molecule has 17 heavy (non-hydrogen) atoms. The summed E-state index contributed by atoms with van der Waals surface area (Å²) >= 11 is 0. The van der Waals surface area contributed by atoms with Gasteiger partial charge in [0.05, 0.1) is 11.5 Å². The van der Waals surface area contributed by atoms with Crippen LogP contribution in [0.15, 0.2) is 30.3 Å². The fraction of sp³-hybridized carbons (Fsp3) is 0.400. The maximum absolute atomic E-state index is 12.7. The number of rotatable bonds is 5. The average Bonchev–Trinajstić information content (AvgIpc) is 2.36. The fourth-order valence-corrected chi connectivity index (χ4v) is 1.57. The Hall–Kier alpha value is -1.62. The van der Waals surface area contributed by atoms with Crippen LogP contribution in [-0.2, 0) is 0 Å². The van der Waals surface area contributed by atoms with E-state index in [1.54, 1.807) is 12.1 Å². The smallest absolute Gasteiger partial charge is 0.123 e. The van der Waals surface area contributed by atoms with E-state index in [1.165, 1.54) is 12.1 Å². The molecule has 0 aromatic heterocycles. The van der Waals surface area contributed by atoms with Crippen LogP contribution in [0, 0.1) is 22.6 Å². The third kappa shape index (κ3) is 4.40. The molecule has 1 rings (SSSR count). The molecule has 0 fully saturated rings. The lowest BCUT2D eigenvalue weighted by Gasteiger charge is -2.16. The van der Waals surface area contributed by atoms with Gasteiger partial charge in [-0.3, -0.25) is 0 Å². The summed E-state index contributed by atoms with van der Waals surface area (Å²) in [4.78, 5) is 0. The van der Waals surface area contributed by atoms with Crippen LogP contribution in [0.25, 0.3) is 6.08 Å². The highest BCUT2D eigenvalue weighted by atomic mass is 19.1. The molecule has 1 atom stereocenters. The Morgan fingerprint density at radius 2 is 2.00 bits per heavy atom. The first-order chi connectivity index (χ1) is 8.09. The average molecular weight is 231 g/mol. The normalized spacial score (nSPS) is 14.5. The van der Waals surface area contributed by atoms with Crippen LogP contribution >= 0.6 is 0 Å². The second-order valence-corrected chi connectivity index (χ2v) is 4.52. The van der Waals surface area contributed by atoms with Gasteiger partial charge < -0.3 is 0 Å². The minimum atomic E-state index is -0.426. The number of hydrogen-bond donors (Lipinski definition) is 0. The molecule has 0 spiro atoms. The molecule has 90 valence electrons. The number of halogens is 1. The summed E-state index contributed by atoms with van der Waals surface area (Å²) in [5, 5.41) is 9.17. The molecular formula is C15H18FN. The van der Waals surface area contributed by atoms with E-state index in [9.17, 15) is 9.65 Å². The summed E-state index contributed by atoms with van der Waals surface area (Å²) in [7, 11) is 0. The van der Waals surface area contributed by atoms with E-state index in [0.717, 1.165) is 24.8 Å². The SMILES string of the molecule is CCCCC(C)(C#N)/C=C/c1ccc(F)cc1. The van der Waals surface area contributed by atoms with Gasteiger partial charge in [-0.15, -0.1) is 0 Å². The fourth-order valence-electron chi connectivity index (χ4n) is 1.57. The van der Waals surface area contributed by atoms with E-state index in [-0.39, 0.29) is 5.82 Å². The molecule has 0 saturated carbocycles. The maximum atomic E-state index is 12.7. The number of nitrogens with zero attached hydrogens (tertiary/aromatic N) is 1. The van der Waals surface area contributed by atoms with Gasteiger partial charge in [-0.05, 0) is 31.0 Å². The summed E-state index contributed by atoms with van der Waals surface area (Å²) < 4.78 is 12.7. The van der Waals surface area contributed by atoms with Crippen molar-refractivity contribution in [1.82, 2.24) is 0 Å². The van der Waals surface area contributed by atoms with Crippen LogP contribution in [0.1, 0.15) is 38.7 Å². The van der Waals surface area contributed by atoms with Crippen LogP contribution in [0.5, 0.6) is 0 Å². The lowest BCUT2D eigenvalue weighted by molar-refractivity contribution is 0.489. The van der Waals surface area contributed by atoms with E-state index >= 15 is 0 Å². The monoisotopic (exact) mass is 231 g/mol. The Balaban J connectivity index is 2.74. The molecule has 0 aliphatic heterocycles. The zero-order chi connectivity index (χ0) is 12.7. The Morgan fingerprint density at radius 1 is 1.35 bits per heavy atom. The van der Waals surface area contributed by atoms with Crippen molar-refractivity contribution in [3.05, 3.63) is 41.7 Å². The van der Waals surface area contributed by atoms with Crippen LogP contribution in [0.4, 0.5) is 4.39 Å². The first-order valence-corrected chi connectivity index (χ1v) is 5.96. The molecule has 1 unspecified atom stereocenters.